The molecule has 2 fully saturated rings. The monoisotopic (exact) mass is 434 g/mol. The van der Waals surface area contributed by atoms with Gasteiger partial charge in [-0.3, -0.25) is 9.59 Å². The minimum atomic E-state index is -4.74. The Bertz CT molecular complexity index is 1010. The van der Waals surface area contributed by atoms with Gasteiger partial charge in [-0.2, -0.15) is 13.2 Å². The first-order valence-electron chi connectivity index (χ1n) is 10.3. The highest BCUT2D eigenvalue weighted by Gasteiger charge is 2.40. The van der Waals surface area contributed by atoms with Gasteiger partial charge in [0.25, 0.3) is 5.91 Å². The van der Waals surface area contributed by atoms with Crippen LogP contribution in [0.3, 0.4) is 0 Å². The van der Waals surface area contributed by atoms with Gasteiger partial charge in [-0.15, -0.1) is 0 Å². The van der Waals surface area contributed by atoms with Crippen LogP contribution in [0.2, 0.25) is 0 Å². The van der Waals surface area contributed by atoms with Crippen LogP contribution in [0.1, 0.15) is 48.0 Å². The molecule has 2 aliphatic rings. The standard InChI is InChI=1S/C23H22F4N2O2/c24-19-4-2-1-3-17(19)22(31)28-16-7-8-20(18(12-16)23(25,26)27)29-21(30)11-15-10-13-5-6-14(15)9-13/h1-4,7-8,12-15H,5-6,9-11H2,(H,28,31)(H,29,30). The number of carbonyl (C=O) groups excluding carboxylic acids is 2. The first-order chi connectivity index (χ1) is 14.7. The molecule has 4 rings (SSSR count). The lowest BCUT2D eigenvalue weighted by molar-refractivity contribution is -0.136. The van der Waals surface area contributed by atoms with E-state index in [2.05, 4.69) is 10.6 Å². The summed E-state index contributed by atoms with van der Waals surface area (Å²) in [6.45, 7) is 0. The van der Waals surface area contributed by atoms with Crippen LogP contribution in [0.5, 0.6) is 0 Å². The first kappa shape index (κ1) is 21.3. The van der Waals surface area contributed by atoms with Crippen LogP contribution in [0.15, 0.2) is 42.5 Å². The predicted octanol–water partition coefficient (Wildman–Crippen LogP) is 5.86. The maximum absolute atomic E-state index is 13.8. The lowest BCUT2D eigenvalue weighted by atomic mass is 9.86. The maximum Gasteiger partial charge on any atom is 0.418 e. The van der Waals surface area contributed by atoms with E-state index >= 15 is 0 Å². The van der Waals surface area contributed by atoms with Crippen LogP contribution in [-0.2, 0) is 11.0 Å². The number of fused-ring (bicyclic) bond motifs is 2. The number of hydrogen-bond donors (Lipinski definition) is 2. The van der Waals surface area contributed by atoms with Gasteiger partial charge in [0.15, 0.2) is 0 Å². The van der Waals surface area contributed by atoms with Crippen molar-refractivity contribution >= 4 is 23.2 Å². The second-order valence-electron chi connectivity index (χ2n) is 8.38. The number of amides is 2. The molecular formula is C23H22F4N2O2. The van der Waals surface area contributed by atoms with E-state index < -0.39 is 29.4 Å². The molecule has 2 aromatic rings. The number of halogens is 4. The molecule has 164 valence electrons. The van der Waals surface area contributed by atoms with E-state index in [0.717, 1.165) is 37.5 Å². The van der Waals surface area contributed by atoms with Gasteiger partial charge in [0.05, 0.1) is 16.8 Å². The van der Waals surface area contributed by atoms with Crippen molar-refractivity contribution in [1.82, 2.24) is 0 Å². The molecule has 31 heavy (non-hydrogen) atoms. The van der Waals surface area contributed by atoms with Crippen molar-refractivity contribution in [3.05, 3.63) is 59.4 Å². The van der Waals surface area contributed by atoms with Gasteiger partial charge in [-0.1, -0.05) is 18.6 Å². The molecule has 2 amide bonds. The molecule has 4 nitrogen and oxygen atoms in total. The van der Waals surface area contributed by atoms with Crippen molar-refractivity contribution < 1.29 is 27.2 Å². The molecule has 2 N–H and O–H groups in total. The Morgan fingerprint density at radius 3 is 2.42 bits per heavy atom. The van der Waals surface area contributed by atoms with E-state index in [1.807, 2.05) is 0 Å². The third kappa shape index (κ3) is 4.73. The number of alkyl halides is 3. The first-order valence-corrected chi connectivity index (χ1v) is 10.3. The van der Waals surface area contributed by atoms with Crippen LogP contribution in [0, 0.1) is 23.6 Å². The topological polar surface area (TPSA) is 58.2 Å². The van der Waals surface area contributed by atoms with E-state index in [9.17, 15) is 27.2 Å². The zero-order chi connectivity index (χ0) is 22.2. The molecule has 0 saturated heterocycles. The Balaban J connectivity index is 1.48. The Labute approximate surface area is 177 Å². The smallest absolute Gasteiger partial charge is 0.325 e. The fourth-order valence-corrected chi connectivity index (χ4v) is 4.88. The molecule has 2 aromatic carbocycles. The summed E-state index contributed by atoms with van der Waals surface area (Å²) >= 11 is 0. The molecular weight excluding hydrogens is 412 g/mol. The van der Waals surface area contributed by atoms with E-state index in [0.29, 0.717) is 11.8 Å². The second-order valence-corrected chi connectivity index (χ2v) is 8.38. The van der Waals surface area contributed by atoms with Crippen LogP contribution < -0.4 is 10.6 Å². The van der Waals surface area contributed by atoms with Gasteiger partial charge in [0.1, 0.15) is 5.82 Å². The SMILES string of the molecule is O=C(CC1CC2CCC1C2)Nc1ccc(NC(=O)c2ccccc2F)cc1C(F)(F)F. The Kier molecular flexibility index (Phi) is 5.73. The zero-order valence-corrected chi connectivity index (χ0v) is 16.6. The third-order valence-corrected chi connectivity index (χ3v) is 6.31. The molecule has 0 aliphatic heterocycles. The summed E-state index contributed by atoms with van der Waals surface area (Å²) in [6, 6.07) is 8.28. The molecule has 2 aliphatic carbocycles. The molecule has 0 aromatic heterocycles. The van der Waals surface area contributed by atoms with Crippen LogP contribution in [-0.4, -0.2) is 11.8 Å². The van der Waals surface area contributed by atoms with Gasteiger partial charge in [-0.05, 0) is 67.3 Å². The number of rotatable bonds is 5. The van der Waals surface area contributed by atoms with Gasteiger partial charge in [0, 0.05) is 12.1 Å². The number of carbonyl (C=O) groups is 2. The maximum atomic E-state index is 13.8. The molecule has 3 atom stereocenters. The summed E-state index contributed by atoms with van der Waals surface area (Å²) in [5.74, 6) is -0.710. The van der Waals surface area contributed by atoms with E-state index in [-0.39, 0.29) is 29.3 Å². The summed E-state index contributed by atoms with van der Waals surface area (Å²) in [6.07, 6.45) is -0.181. The van der Waals surface area contributed by atoms with Crippen molar-refractivity contribution in [2.75, 3.05) is 10.6 Å². The van der Waals surface area contributed by atoms with Gasteiger partial charge < -0.3 is 10.6 Å². The van der Waals surface area contributed by atoms with Crippen molar-refractivity contribution in [3.8, 4) is 0 Å². The van der Waals surface area contributed by atoms with Crippen molar-refractivity contribution in [3.63, 3.8) is 0 Å². The lowest BCUT2D eigenvalue weighted by Gasteiger charge is -2.21. The van der Waals surface area contributed by atoms with Gasteiger partial charge in [-0.25, -0.2) is 4.39 Å². The fraction of sp³-hybridized carbons (Fsp3) is 0.391. The van der Waals surface area contributed by atoms with Crippen LogP contribution >= 0.6 is 0 Å². The normalized spacial score (nSPS) is 22.4. The molecule has 8 heteroatoms. The van der Waals surface area contributed by atoms with E-state index in [1.165, 1.54) is 30.7 Å². The quantitative estimate of drug-likeness (QED) is 0.579. The molecule has 0 spiro atoms. The minimum Gasteiger partial charge on any atom is -0.325 e. The lowest BCUT2D eigenvalue weighted by Crippen LogP contribution is -2.22. The second kappa shape index (κ2) is 8.32. The van der Waals surface area contributed by atoms with Crippen molar-refractivity contribution in [2.24, 2.45) is 17.8 Å². The Morgan fingerprint density at radius 2 is 1.77 bits per heavy atom. The predicted molar refractivity (Wildman–Crippen MR) is 108 cm³/mol. The number of anilines is 2. The molecule has 2 bridgehead atoms. The zero-order valence-electron chi connectivity index (χ0n) is 16.6. The van der Waals surface area contributed by atoms with Gasteiger partial charge >= 0.3 is 6.18 Å². The highest BCUT2D eigenvalue weighted by Crippen LogP contribution is 2.49. The Hall–Kier alpha value is -2.90. The summed E-state index contributed by atoms with van der Waals surface area (Å²) in [4.78, 5) is 24.6. The minimum absolute atomic E-state index is 0.147. The molecule has 0 radical (unpaired) electrons. The average Bonchev–Trinajstić information content (AvgIpc) is 3.31. The van der Waals surface area contributed by atoms with E-state index in [1.54, 1.807) is 0 Å². The van der Waals surface area contributed by atoms with E-state index in [4.69, 9.17) is 0 Å². The summed E-state index contributed by atoms with van der Waals surface area (Å²) in [5.41, 5.74) is -1.85. The average molecular weight is 434 g/mol. The van der Waals surface area contributed by atoms with Crippen molar-refractivity contribution in [1.29, 1.82) is 0 Å². The number of hydrogen-bond acceptors (Lipinski definition) is 2. The molecule has 3 unspecified atom stereocenters. The highest BCUT2D eigenvalue weighted by molar-refractivity contribution is 6.04. The summed E-state index contributed by atoms with van der Waals surface area (Å²) in [5, 5.41) is 4.67. The summed E-state index contributed by atoms with van der Waals surface area (Å²) < 4.78 is 54.6. The summed E-state index contributed by atoms with van der Waals surface area (Å²) in [7, 11) is 0. The highest BCUT2D eigenvalue weighted by atomic mass is 19.4. The number of benzene rings is 2. The van der Waals surface area contributed by atoms with Crippen molar-refractivity contribution in [2.45, 2.75) is 38.3 Å². The molecule has 2 saturated carbocycles. The fourth-order valence-electron chi connectivity index (χ4n) is 4.88. The molecule has 0 heterocycles. The van der Waals surface area contributed by atoms with Crippen LogP contribution in [0.4, 0.5) is 28.9 Å². The Morgan fingerprint density at radius 1 is 1.00 bits per heavy atom. The number of nitrogens with one attached hydrogen (secondary N) is 2. The largest absolute Gasteiger partial charge is 0.418 e. The van der Waals surface area contributed by atoms with Crippen LogP contribution in [0.25, 0.3) is 0 Å². The van der Waals surface area contributed by atoms with Gasteiger partial charge in [0.2, 0.25) is 5.91 Å². The third-order valence-electron chi connectivity index (χ3n) is 6.31.